The number of fused-ring (bicyclic) bond motifs is 2. The summed E-state index contributed by atoms with van der Waals surface area (Å²) in [5.74, 6) is -0.154. The number of rotatable bonds is 3. The van der Waals surface area contributed by atoms with Crippen LogP contribution in [0, 0.1) is 0 Å². The molecule has 0 amide bonds. The SMILES string of the molecule is O=[C]([Al+2])c1ccc2cc(Br)ccc2c1C(=O)c1ccc2cc(Br)ccc2c1. The van der Waals surface area contributed by atoms with E-state index in [0.29, 0.717) is 16.7 Å². The van der Waals surface area contributed by atoms with Crippen LogP contribution in [0.3, 0.4) is 0 Å². The summed E-state index contributed by atoms with van der Waals surface area (Å²) < 4.78 is 1.71. The predicted molar refractivity (Wildman–Crippen MR) is 117 cm³/mol. The van der Waals surface area contributed by atoms with Gasteiger partial charge in [0.25, 0.3) is 0 Å². The van der Waals surface area contributed by atoms with E-state index in [2.05, 4.69) is 48.2 Å². The number of benzene rings is 4. The molecule has 0 heterocycles. The van der Waals surface area contributed by atoms with Crippen molar-refractivity contribution in [2.24, 2.45) is 0 Å². The van der Waals surface area contributed by atoms with Gasteiger partial charge in [-0.2, -0.15) is 0 Å². The first-order valence-corrected chi connectivity index (χ1v) is 10.4. The molecule has 0 fully saturated rings. The maximum absolute atomic E-state index is 13.4. The predicted octanol–water partition coefficient (Wildman–Crippen LogP) is 6.06. The average Bonchev–Trinajstić information content (AvgIpc) is 2.65. The molecule has 27 heavy (non-hydrogen) atoms. The molecule has 0 bridgehead atoms. The second-order valence-electron chi connectivity index (χ2n) is 6.25. The summed E-state index contributed by atoms with van der Waals surface area (Å²) in [5, 5.41) is 3.70. The van der Waals surface area contributed by atoms with Crippen LogP contribution in [-0.2, 0) is 0 Å². The summed E-state index contributed by atoms with van der Waals surface area (Å²) in [6.07, 6.45) is 0. The van der Waals surface area contributed by atoms with E-state index >= 15 is 0 Å². The Hall–Kier alpha value is -1.77. The van der Waals surface area contributed by atoms with Crippen LogP contribution in [-0.4, -0.2) is 26.7 Å². The Bertz CT molecular complexity index is 1250. The van der Waals surface area contributed by atoms with Gasteiger partial charge in [-0.05, 0) is 0 Å². The molecule has 0 aliphatic heterocycles. The Morgan fingerprint density at radius 1 is 0.704 bits per heavy atom. The third-order valence-corrected chi connectivity index (χ3v) is 5.84. The number of carbonyl (C=O) groups excluding carboxylic acids is 2. The molecule has 4 aromatic carbocycles. The second-order valence-corrected chi connectivity index (χ2v) is 8.61. The molecule has 0 saturated heterocycles. The van der Waals surface area contributed by atoms with Crippen molar-refractivity contribution in [1.82, 2.24) is 0 Å². The van der Waals surface area contributed by atoms with E-state index in [9.17, 15) is 9.59 Å². The Kier molecular flexibility index (Phi) is 5.05. The molecule has 0 aromatic heterocycles. The summed E-state index contributed by atoms with van der Waals surface area (Å²) in [6.45, 7) is 0. The number of hydrogen-bond donors (Lipinski definition) is 0. The molecule has 0 aliphatic carbocycles. The second kappa shape index (κ2) is 7.33. The molecule has 0 spiro atoms. The zero-order chi connectivity index (χ0) is 19.1. The fourth-order valence-electron chi connectivity index (χ4n) is 3.25. The van der Waals surface area contributed by atoms with Crippen molar-refractivity contribution in [2.45, 2.75) is 0 Å². The zero-order valence-electron chi connectivity index (χ0n) is 14.0. The number of ketones is 1. The number of carbonyl (C=O) groups is 2. The zero-order valence-corrected chi connectivity index (χ0v) is 18.3. The van der Waals surface area contributed by atoms with Crippen molar-refractivity contribution in [2.75, 3.05) is 0 Å². The van der Waals surface area contributed by atoms with Gasteiger partial charge >= 0.3 is 182 Å². The fraction of sp³-hybridized carbons (Fsp3) is 0. The van der Waals surface area contributed by atoms with Gasteiger partial charge in [-0.15, -0.1) is 0 Å². The molecule has 0 radical (unpaired) electrons. The average molecular weight is 494 g/mol. The van der Waals surface area contributed by atoms with Crippen LogP contribution >= 0.6 is 31.9 Å². The Morgan fingerprint density at radius 3 is 2.04 bits per heavy atom. The van der Waals surface area contributed by atoms with Gasteiger partial charge in [-0.3, -0.25) is 0 Å². The van der Waals surface area contributed by atoms with E-state index in [4.69, 9.17) is 0 Å². The van der Waals surface area contributed by atoms with E-state index < -0.39 is 0 Å². The maximum atomic E-state index is 13.4. The van der Waals surface area contributed by atoms with E-state index in [0.717, 1.165) is 30.5 Å². The van der Waals surface area contributed by atoms with Crippen molar-refractivity contribution >= 4 is 80.1 Å². The van der Waals surface area contributed by atoms with Crippen LogP contribution in [0.1, 0.15) is 26.3 Å². The Morgan fingerprint density at radius 2 is 1.30 bits per heavy atom. The Balaban J connectivity index is 1.95. The first-order valence-electron chi connectivity index (χ1n) is 8.20. The van der Waals surface area contributed by atoms with Crippen molar-refractivity contribution in [3.63, 3.8) is 0 Å². The first-order chi connectivity index (χ1) is 12.9. The van der Waals surface area contributed by atoms with Crippen molar-refractivity contribution < 1.29 is 9.59 Å². The molecule has 0 aliphatic rings. The first kappa shape index (κ1) is 18.6. The normalized spacial score (nSPS) is 11.1. The van der Waals surface area contributed by atoms with Gasteiger partial charge < -0.3 is 0 Å². The van der Waals surface area contributed by atoms with Gasteiger partial charge in [-0.1, -0.05) is 0 Å². The third-order valence-electron chi connectivity index (χ3n) is 4.54. The van der Waals surface area contributed by atoms with Crippen LogP contribution in [0.2, 0.25) is 0 Å². The van der Waals surface area contributed by atoms with Gasteiger partial charge in [0.1, 0.15) is 0 Å². The minimum atomic E-state index is -0.201. The summed E-state index contributed by atoms with van der Waals surface area (Å²) >= 11 is 9.10. The Labute approximate surface area is 181 Å². The molecule has 0 saturated carbocycles. The molecule has 0 atom stereocenters. The quantitative estimate of drug-likeness (QED) is 0.257. The van der Waals surface area contributed by atoms with Gasteiger partial charge in [0.15, 0.2) is 0 Å². The molecule has 0 N–H and O–H groups in total. The van der Waals surface area contributed by atoms with Crippen molar-refractivity contribution in [3.8, 4) is 0 Å². The molecular weight excluding hydrogens is 483 g/mol. The van der Waals surface area contributed by atoms with Gasteiger partial charge in [-0.25, -0.2) is 0 Å². The molecule has 0 unspecified atom stereocenters. The minimum absolute atomic E-state index is 0.154. The van der Waals surface area contributed by atoms with E-state index in [1.54, 1.807) is 6.07 Å². The van der Waals surface area contributed by atoms with E-state index in [1.807, 2.05) is 60.7 Å². The molecule has 4 aromatic rings. The van der Waals surface area contributed by atoms with Crippen LogP contribution in [0.4, 0.5) is 0 Å². The summed E-state index contributed by atoms with van der Waals surface area (Å²) in [5.41, 5.74) is 1.42. The molecule has 2 nitrogen and oxygen atoms in total. The topological polar surface area (TPSA) is 34.1 Å². The summed E-state index contributed by atoms with van der Waals surface area (Å²) in [7, 11) is 0. The standard InChI is InChI=1S/C22H11Br2O2.Al/c23-18-6-5-13-9-16(3-1-14(13)10-18)22(26)21-17(12-25)4-2-15-11-19(24)7-8-20(15)21;/h1-11H;/q;+2. The van der Waals surface area contributed by atoms with Crippen LogP contribution in [0.15, 0.2) is 75.7 Å². The van der Waals surface area contributed by atoms with Crippen molar-refractivity contribution in [3.05, 3.63) is 92.4 Å². The van der Waals surface area contributed by atoms with E-state index in [1.165, 1.54) is 0 Å². The summed E-state index contributed by atoms with van der Waals surface area (Å²) in [4.78, 5) is 25.6. The van der Waals surface area contributed by atoms with Gasteiger partial charge in [0.2, 0.25) is 0 Å². The third kappa shape index (κ3) is 3.53. The molecule has 5 heteroatoms. The van der Waals surface area contributed by atoms with Crippen LogP contribution in [0.5, 0.6) is 0 Å². The molecular formula is C22H11AlBr2O2+2. The van der Waals surface area contributed by atoms with Gasteiger partial charge in [0.05, 0.1) is 0 Å². The molecule has 4 rings (SSSR count). The summed E-state index contributed by atoms with van der Waals surface area (Å²) in [6, 6.07) is 20.8. The number of halogens is 2. The van der Waals surface area contributed by atoms with Crippen LogP contribution < -0.4 is 0 Å². The van der Waals surface area contributed by atoms with E-state index in [-0.39, 0.29) is 10.4 Å². The number of hydrogen-bond acceptors (Lipinski definition) is 2. The monoisotopic (exact) mass is 492 g/mol. The fourth-order valence-corrected chi connectivity index (χ4v) is 4.25. The van der Waals surface area contributed by atoms with Crippen molar-refractivity contribution in [1.29, 1.82) is 0 Å². The molecule has 126 valence electrons. The van der Waals surface area contributed by atoms with Gasteiger partial charge in [0, 0.05) is 0 Å². The van der Waals surface area contributed by atoms with Crippen LogP contribution in [0.25, 0.3) is 21.5 Å².